The quantitative estimate of drug-likeness (QED) is 0.510. The first kappa shape index (κ1) is 9.40. The monoisotopic (exact) mass is 200 g/mol. The fraction of sp³-hybridized carbons (Fsp3) is 0. The Hall–Kier alpha value is -1.69. The zero-order valence-corrected chi connectivity index (χ0v) is 7.14. The van der Waals surface area contributed by atoms with Crippen LogP contribution in [0, 0.1) is 10.1 Å². The largest absolute Gasteiger partial charge is 0.384 e. The molecule has 2 heterocycles. The van der Waals surface area contributed by atoms with Crippen molar-refractivity contribution in [3.05, 3.63) is 34.6 Å². The van der Waals surface area contributed by atoms with Crippen molar-refractivity contribution in [2.24, 2.45) is 0 Å². The molecular formula is C6H5ClN4O2. The first-order valence-electron chi connectivity index (χ1n) is 3.22. The van der Waals surface area contributed by atoms with Crippen LogP contribution in [-0.4, -0.2) is 19.5 Å². The van der Waals surface area contributed by atoms with Crippen LogP contribution < -0.4 is 0 Å². The van der Waals surface area contributed by atoms with E-state index in [-0.39, 0.29) is 18.2 Å². The molecule has 0 aliphatic carbocycles. The van der Waals surface area contributed by atoms with Gasteiger partial charge < -0.3 is 10.1 Å². The second-order valence-electron chi connectivity index (χ2n) is 2.18. The van der Waals surface area contributed by atoms with Gasteiger partial charge in [-0.05, 0) is 16.0 Å². The van der Waals surface area contributed by atoms with Crippen LogP contribution in [0.4, 0.5) is 5.82 Å². The van der Waals surface area contributed by atoms with Crippen LogP contribution in [-0.2, 0) is 0 Å². The minimum absolute atomic E-state index is 0. The molecule has 68 valence electrons. The van der Waals surface area contributed by atoms with E-state index in [0.717, 1.165) is 0 Å². The molecule has 13 heavy (non-hydrogen) atoms. The lowest BCUT2D eigenvalue weighted by molar-refractivity contribution is -0.389. The Morgan fingerprint density at radius 2 is 2.31 bits per heavy atom. The molecule has 0 fully saturated rings. The molecular weight excluding hydrogens is 196 g/mol. The van der Waals surface area contributed by atoms with Crippen molar-refractivity contribution >= 4 is 23.9 Å². The van der Waals surface area contributed by atoms with Crippen LogP contribution in [0.2, 0.25) is 0 Å². The number of nitrogens with zero attached hydrogens (tertiary/aromatic N) is 4. The van der Waals surface area contributed by atoms with Crippen molar-refractivity contribution in [2.75, 3.05) is 0 Å². The average Bonchev–Trinajstić information content (AvgIpc) is 2.46. The van der Waals surface area contributed by atoms with Gasteiger partial charge in [-0.15, -0.1) is 12.4 Å². The Bertz CT molecular complexity index is 408. The topological polar surface area (TPSA) is 73.3 Å². The third-order valence-electron chi connectivity index (χ3n) is 1.41. The van der Waals surface area contributed by atoms with E-state index >= 15 is 0 Å². The van der Waals surface area contributed by atoms with Crippen LogP contribution in [0.25, 0.3) is 5.65 Å². The second kappa shape index (κ2) is 3.36. The van der Waals surface area contributed by atoms with Gasteiger partial charge in [0.1, 0.15) is 6.20 Å². The summed E-state index contributed by atoms with van der Waals surface area (Å²) in [5.74, 6) is -0.186. The van der Waals surface area contributed by atoms with E-state index in [1.54, 1.807) is 18.3 Å². The third-order valence-corrected chi connectivity index (χ3v) is 1.41. The van der Waals surface area contributed by atoms with Gasteiger partial charge in [0.15, 0.2) is 0 Å². The third kappa shape index (κ3) is 1.57. The van der Waals surface area contributed by atoms with Crippen LogP contribution in [0.15, 0.2) is 24.5 Å². The van der Waals surface area contributed by atoms with E-state index in [2.05, 4.69) is 10.1 Å². The molecule has 0 radical (unpaired) electrons. The van der Waals surface area contributed by atoms with Gasteiger partial charge in [-0.1, -0.05) is 0 Å². The fourth-order valence-electron chi connectivity index (χ4n) is 0.906. The highest BCUT2D eigenvalue weighted by Gasteiger charge is 2.11. The summed E-state index contributed by atoms with van der Waals surface area (Å²) in [5.41, 5.74) is 0.476. The first-order chi connectivity index (χ1) is 5.77. The highest BCUT2D eigenvalue weighted by Crippen LogP contribution is 2.08. The molecule has 0 aromatic carbocycles. The summed E-state index contributed by atoms with van der Waals surface area (Å²) in [7, 11) is 0. The number of halogens is 1. The van der Waals surface area contributed by atoms with Crippen LogP contribution >= 0.6 is 12.4 Å². The number of nitro groups is 1. The van der Waals surface area contributed by atoms with Crippen molar-refractivity contribution in [1.29, 1.82) is 0 Å². The molecule has 0 saturated heterocycles. The Morgan fingerprint density at radius 1 is 1.54 bits per heavy atom. The van der Waals surface area contributed by atoms with Crippen molar-refractivity contribution in [3.8, 4) is 0 Å². The van der Waals surface area contributed by atoms with Gasteiger partial charge in [-0.2, -0.15) is 9.61 Å². The number of hydrogen-bond acceptors (Lipinski definition) is 4. The summed E-state index contributed by atoms with van der Waals surface area (Å²) in [4.78, 5) is 13.4. The van der Waals surface area contributed by atoms with Gasteiger partial charge in [0.05, 0.1) is 0 Å². The van der Waals surface area contributed by atoms with Gasteiger partial charge in [-0.25, -0.2) is 0 Å². The summed E-state index contributed by atoms with van der Waals surface area (Å²) < 4.78 is 1.36. The molecule has 0 aliphatic heterocycles. The Labute approximate surface area is 78.8 Å². The lowest BCUT2D eigenvalue weighted by Crippen LogP contribution is -1.86. The standard InChI is InChI=1S/C6H4N4O2.ClH/c11-10(12)6-4-9-5(8-6)2-1-3-7-9;/h1-4H;1H. The molecule has 7 heteroatoms. The lowest BCUT2D eigenvalue weighted by Gasteiger charge is -1.82. The first-order valence-corrected chi connectivity index (χ1v) is 3.22. The smallest absolute Gasteiger partial charge is 0.358 e. The summed E-state index contributed by atoms with van der Waals surface area (Å²) in [6.07, 6.45) is 2.81. The molecule has 0 spiro atoms. The van der Waals surface area contributed by atoms with E-state index < -0.39 is 4.92 Å². The van der Waals surface area contributed by atoms with Crippen LogP contribution in [0.5, 0.6) is 0 Å². The Morgan fingerprint density at radius 3 is 2.92 bits per heavy atom. The Kier molecular flexibility index (Phi) is 2.43. The molecule has 0 unspecified atom stereocenters. The van der Waals surface area contributed by atoms with Gasteiger partial charge in [-0.3, -0.25) is 0 Å². The molecule has 2 aromatic rings. The van der Waals surface area contributed by atoms with Crippen LogP contribution in [0.1, 0.15) is 0 Å². The van der Waals surface area contributed by atoms with Crippen LogP contribution in [0.3, 0.4) is 0 Å². The zero-order valence-electron chi connectivity index (χ0n) is 6.32. The van der Waals surface area contributed by atoms with E-state index in [9.17, 15) is 10.1 Å². The van der Waals surface area contributed by atoms with Gasteiger partial charge >= 0.3 is 5.82 Å². The molecule has 2 aromatic heterocycles. The van der Waals surface area contributed by atoms with Crippen molar-refractivity contribution in [2.45, 2.75) is 0 Å². The van der Waals surface area contributed by atoms with Crippen molar-refractivity contribution in [1.82, 2.24) is 14.6 Å². The van der Waals surface area contributed by atoms with Gasteiger partial charge in [0, 0.05) is 12.3 Å². The maximum absolute atomic E-state index is 10.3. The van der Waals surface area contributed by atoms with E-state index in [1.165, 1.54) is 10.7 Å². The van der Waals surface area contributed by atoms with E-state index in [0.29, 0.717) is 5.65 Å². The predicted octanol–water partition coefficient (Wildman–Crippen LogP) is 1.06. The minimum atomic E-state index is -0.547. The molecule has 0 atom stereocenters. The molecule has 0 bridgehead atoms. The Balaban J connectivity index is 0.000000845. The molecule has 0 N–H and O–H groups in total. The molecule has 2 rings (SSSR count). The number of aromatic nitrogens is 3. The summed E-state index contributed by atoms with van der Waals surface area (Å²) >= 11 is 0. The SMILES string of the molecule is Cl.O=[N+]([O-])c1cn2ncccc2n1. The number of hydrogen-bond donors (Lipinski definition) is 0. The minimum Gasteiger partial charge on any atom is -0.358 e. The number of imidazole rings is 1. The lowest BCUT2D eigenvalue weighted by atomic mass is 10.6. The number of fused-ring (bicyclic) bond motifs is 1. The van der Waals surface area contributed by atoms with Crippen molar-refractivity contribution < 1.29 is 4.92 Å². The van der Waals surface area contributed by atoms with E-state index in [1.807, 2.05) is 0 Å². The molecule has 0 aliphatic rings. The van der Waals surface area contributed by atoms with Crippen molar-refractivity contribution in [3.63, 3.8) is 0 Å². The fourth-order valence-corrected chi connectivity index (χ4v) is 0.906. The molecule has 6 nitrogen and oxygen atoms in total. The van der Waals surface area contributed by atoms with Gasteiger partial charge in [0.25, 0.3) is 5.65 Å². The molecule has 0 amide bonds. The van der Waals surface area contributed by atoms with Gasteiger partial charge in [0.2, 0.25) is 0 Å². The highest BCUT2D eigenvalue weighted by molar-refractivity contribution is 5.85. The maximum Gasteiger partial charge on any atom is 0.384 e. The summed E-state index contributed by atoms with van der Waals surface area (Å²) in [5, 5.41) is 14.1. The molecule has 0 saturated carbocycles. The average molecular weight is 201 g/mol. The highest BCUT2D eigenvalue weighted by atomic mass is 35.5. The second-order valence-corrected chi connectivity index (χ2v) is 2.18. The summed E-state index contributed by atoms with van der Waals surface area (Å²) in [6, 6.07) is 3.33. The zero-order chi connectivity index (χ0) is 8.55. The summed E-state index contributed by atoms with van der Waals surface area (Å²) in [6.45, 7) is 0. The maximum atomic E-state index is 10.3. The predicted molar refractivity (Wildman–Crippen MR) is 46.9 cm³/mol. The number of rotatable bonds is 1. The van der Waals surface area contributed by atoms with E-state index in [4.69, 9.17) is 0 Å². The normalized spacial score (nSPS) is 9.54.